The third-order valence-corrected chi connectivity index (χ3v) is 2.54. The number of hydrogen-bond acceptors (Lipinski definition) is 3. The molecule has 96 valence electrons. The number of hydrogen-bond donors (Lipinski definition) is 3. The SMILES string of the molecule is CC(NC(N)=O)C(=O)N(CC(=O)O)CC1CC1. The van der Waals surface area contributed by atoms with Gasteiger partial charge in [0.1, 0.15) is 12.6 Å². The molecule has 0 aliphatic heterocycles. The Morgan fingerprint density at radius 1 is 1.47 bits per heavy atom. The quantitative estimate of drug-likeness (QED) is 0.576. The minimum Gasteiger partial charge on any atom is -0.480 e. The maximum Gasteiger partial charge on any atom is 0.323 e. The molecule has 0 spiro atoms. The normalized spacial score (nSPS) is 16.1. The summed E-state index contributed by atoms with van der Waals surface area (Å²) < 4.78 is 0. The zero-order valence-corrected chi connectivity index (χ0v) is 9.68. The summed E-state index contributed by atoms with van der Waals surface area (Å²) in [7, 11) is 0. The van der Waals surface area contributed by atoms with Gasteiger partial charge in [-0.05, 0) is 25.7 Å². The van der Waals surface area contributed by atoms with Crippen LogP contribution in [-0.4, -0.2) is 47.0 Å². The van der Waals surface area contributed by atoms with E-state index < -0.39 is 23.9 Å². The maximum absolute atomic E-state index is 11.9. The Labute approximate surface area is 98.9 Å². The van der Waals surface area contributed by atoms with Gasteiger partial charge in [-0.15, -0.1) is 0 Å². The van der Waals surface area contributed by atoms with Crippen LogP contribution in [0.25, 0.3) is 0 Å². The van der Waals surface area contributed by atoms with Gasteiger partial charge in [0.15, 0.2) is 0 Å². The molecular weight excluding hydrogens is 226 g/mol. The minimum atomic E-state index is -1.06. The zero-order valence-electron chi connectivity index (χ0n) is 9.68. The molecule has 0 aromatic heterocycles. The minimum absolute atomic E-state index is 0.347. The van der Waals surface area contributed by atoms with Crippen LogP contribution in [0.3, 0.4) is 0 Å². The van der Waals surface area contributed by atoms with Crippen molar-refractivity contribution in [2.75, 3.05) is 13.1 Å². The highest BCUT2D eigenvalue weighted by Gasteiger charge is 2.30. The van der Waals surface area contributed by atoms with Crippen molar-refractivity contribution < 1.29 is 19.5 Å². The molecular formula is C10H17N3O4. The fourth-order valence-corrected chi connectivity index (χ4v) is 1.56. The van der Waals surface area contributed by atoms with Crippen molar-refractivity contribution >= 4 is 17.9 Å². The molecule has 1 unspecified atom stereocenters. The molecule has 1 rings (SSSR count). The van der Waals surface area contributed by atoms with E-state index in [-0.39, 0.29) is 6.54 Å². The van der Waals surface area contributed by atoms with Gasteiger partial charge in [-0.1, -0.05) is 0 Å². The number of carbonyl (C=O) groups excluding carboxylic acids is 2. The van der Waals surface area contributed by atoms with Crippen LogP contribution in [0.1, 0.15) is 19.8 Å². The van der Waals surface area contributed by atoms with Crippen LogP contribution in [0.15, 0.2) is 0 Å². The number of nitrogens with zero attached hydrogens (tertiary/aromatic N) is 1. The Morgan fingerprint density at radius 2 is 2.06 bits per heavy atom. The third-order valence-electron chi connectivity index (χ3n) is 2.54. The third kappa shape index (κ3) is 4.71. The van der Waals surface area contributed by atoms with E-state index in [9.17, 15) is 14.4 Å². The average Bonchev–Trinajstić information content (AvgIpc) is 2.97. The summed E-state index contributed by atoms with van der Waals surface area (Å²) in [6.07, 6.45) is 2.03. The monoisotopic (exact) mass is 243 g/mol. The molecule has 1 saturated carbocycles. The number of nitrogens with two attached hydrogens (primary N) is 1. The molecule has 1 atom stereocenters. The first-order valence-corrected chi connectivity index (χ1v) is 5.46. The summed E-state index contributed by atoms with van der Waals surface area (Å²) in [6, 6.07) is -1.60. The number of primary amides is 1. The number of nitrogens with one attached hydrogen (secondary N) is 1. The predicted octanol–water partition coefficient (Wildman–Crippen LogP) is -0.634. The maximum atomic E-state index is 11.9. The van der Waals surface area contributed by atoms with Gasteiger partial charge in [-0.25, -0.2) is 4.79 Å². The van der Waals surface area contributed by atoms with Gasteiger partial charge in [-0.2, -0.15) is 0 Å². The number of urea groups is 1. The molecule has 1 aliphatic rings. The van der Waals surface area contributed by atoms with Gasteiger partial charge >= 0.3 is 12.0 Å². The average molecular weight is 243 g/mol. The van der Waals surface area contributed by atoms with Crippen molar-refractivity contribution in [3.8, 4) is 0 Å². The lowest BCUT2D eigenvalue weighted by Crippen LogP contribution is -2.50. The van der Waals surface area contributed by atoms with Gasteiger partial charge in [0.2, 0.25) is 5.91 Å². The van der Waals surface area contributed by atoms with E-state index >= 15 is 0 Å². The van der Waals surface area contributed by atoms with Crippen molar-refractivity contribution in [1.29, 1.82) is 0 Å². The number of amides is 3. The highest BCUT2D eigenvalue weighted by molar-refractivity contribution is 5.88. The van der Waals surface area contributed by atoms with Gasteiger partial charge in [-0.3, -0.25) is 9.59 Å². The summed E-state index contributed by atoms with van der Waals surface area (Å²) in [5, 5.41) is 11.0. The summed E-state index contributed by atoms with van der Waals surface area (Å²) in [6.45, 7) is 1.56. The smallest absolute Gasteiger partial charge is 0.323 e. The second-order valence-corrected chi connectivity index (χ2v) is 4.29. The molecule has 0 heterocycles. The lowest BCUT2D eigenvalue weighted by Gasteiger charge is -2.24. The van der Waals surface area contributed by atoms with E-state index in [1.807, 2.05) is 0 Å². The van der Waals surface area contributed by atoms with E-state index in [0.717, 1.165) is 12.8 Å². The van der Waals surface area contributed by atoms with E-state index in [1.54, 1.807) is 0 Å². The van der Waals surface area contributed by atoms with Crippen LogP contribution in [0.2, 0.25) is 0 Å². The molecule has 0 radical (unpaired) electrons. The van der Waals surface area contributed by atoms with Gasteiger partial charge in [0.05, 0.1) is 0 Å². The predicted molar refractivity (Wildman–Crippen MR) is 59.1 cm³/mol. The van der Waals surface area contributed by atoms with Crippen LogP contribution >= 0.6 is 0 Å². The summed E-state index contributed by atoms with van der Waals surface area (Å²) in [5.41, 5.74) is 4.91. The molecule has 1 aliphatic carbocycles. The molecule has 3 amide bonds. The van der Waals surface area contributed by atoms with Crippen molar-refractivity contribution in [2.24, 2.45) is 11.7 Å². The standard InChI is InChI=1S/C10H17N3O4/c1-6(12-10(11)17)9(16)13(5-8(14)15)4-7-2-3-7/h6-7H,2-5H2,1H3,(H,14,15)(H3,11,12,17). The molecule has 0 saturated heterocycles. The Morgan fingerprint density at radius 3 is 2.47 bits per heavy atom. The van der Waals surface area contributed by atoms with Crippen molar-refractivity contribution in [3.63, 3.8) is 0 Å². The van der Waals surface area contributed by atoms with Crippen LogP contribution in [0.4, 0.5) is 4.79 Å². The molecule has 1 fully saturated rings. The topological polar surface area (TPSA) is 113 Å². The molecule has 7 heteroatoms. The fraction of sp³-hybridized carbons (Fsp3) is 0.700. The molecule has 0 aromatic rings. The zero-order chi connectivity index (χ0) is 13.0. The Hall–Kier alpha value is -1.79. The van der Waals surface area contributed by atoms with E-state index in [4.69, 9.17) is 10.8 Å². The van der Waals surface area contributed by atoms with E-state index in [0.29, 0.717) is 12.5 Å². The van der Waals surface area contributed by atoms with E-state index in [2.05, 4.69) is 5.32 Å². The highest BCUT2D eigenvalue weighted by Crippen LogP contribution is 2.29. The van der Waals surface area contributed by atoms with Crippen molar-refractivity contribution in [2.45, 2.75) is 25.8 Å². The van der Waals surface area contributed by atoms with Gasteiger partial charge in [0, 0.05) is 6.54 Å². The first kappa shape index (κ1) is 13.3. The van der Waals surface area contributed by atoms with Crippen LogP contribution in [-0.2, 0) is 9.59 Å². The highest BCUT2D eigenvalue weighted by atomic mass is 16.4. The Bertz CT molecular complexity index is 328. The largest absolute Gasteiger partial charge is 0.480 e. The number of carbonyl (C=O) groups is 3. The Balaban J connectivity index is 2.56. The van der Waals surface area contributed by atoms with Gasteiger partial charge in [0.25, 0.3) is 0 Å². The van der Waals surface area contributed by atoms with Crippen LogP contribution in [0, 0.1) is 5.92 Å². The van der Waals surface area contributed by atoms with Crippen molar-refractivity contribution in [3.05, 3.63) is 0 Å². The van der Waals surface area contributed by atoms with Crippen molar-refractivity contribution in [1.82, 2.24) is 10.2 Å². The van der Waals surface area contributed by atoms with Gasteiger partial charge < -0.3 is 21.1 Å². The van der Waals surface area contributed by atoms with Crippen LogP contribution < -0.4 is 11.1 Å². The molecule has 17 heavy (non-hydrogen) atoms. The summed E-state index contributed by atoms with van der Waals surface area (Å²) >= 11 is 0. The number of rotatable bonds is 6. The Kier molecular flexibility index (Phi) is 4.30. The number of aliphatic carboxylic acids is 1. The number of carboxylic acids is 1. The summed E-state index contributed by atoms with van der Waals surface area (Å²) in [4.78, 5) is 34.4. The van der Waals surface area contributed by atoms with E-state index in [1.165, 1.54) is 11.8 Å². The molecule has 0 aromatic carbocycles. The lowest BCUT2D eigenvalue weighted by atomic mass is 10.2. The first-order valence-electron chi connectivity index (χ1n) is 5.46. The first-order chi connectivity index (χ1) is 7.90. The number of carboxylic acid groups (broad SMARTS) is 1. The second-order valence-electron chi connectivity index (χ2n) is 4.29. The van der Waals surface area contributed by atoms with Crippen LogP contribution in [0.5, 0.6) is 0 Å². The molecule has 0 bridgehead atoms. The summed E-state index contributed by atoms with van der Waals surface area (Å²) in [5.74, 6) is -1.09. The lowest BCUT2D eigenvalue weighted by molar-refractivity contribution is -0.145. The molecule has 4 N–H and O–H groups in total. The fourth-order valence-electron chi connectivity index (χ4n) is 1.56. The molecule has 7 nitrogen and oxygen atoms in total. The second kappa shape index (κ2) is 5.51.